The van der Waals surface area contributed by atoms with Crippen molar-refractivity contribution in [2.24, 2.45) is 7.05 Å². The molecule has 0 spiro atoms. The van der Waals surface area contributed by atoms with Gasteiger partial charge in [-0.05, 0) is 43.7 Å². The molecule has 1 atom stereocenters. The predicted molar refractivity (Wildman–Crippen MR) is 123 cm³/mol. The van der Waals surface area contributed by atoms with Gasteiger partial charge in [0.05, 0.1) is 17.2 Å². The van der Waals surface area contributed by atoms with Crippen LogP contribution in [0, 0.1) is 5.82 Å². The van der Waals surface area contributed by atoms with Crippen LogP contribution in [0.4, 0.5) is 23.2 Å². The molecule has 35 heavy (non-hydrogen) atoms. The van der Waals surface area contributed by atoms with E-state index in [0.29, 0.717) is 18.7 Å². The number of benzene rings is 2. The number of rotatable bonds is 8. The summed E-state index contributed by atoms with van der Waals surface area (Å²) in [5.74, 6) is -1.21. The number of hydrogen-bond acceptors (Lipinski definition) is 4. The van der Waals surface area contributed by atoms with Gasteiger partial charge in [-0.3, -0.25) is 9.36 Å². The van der Waals surface area contributed by atoms with Gasteiger partial charge in [0.2, 0.25) is 0 Å². The average molecular weight is 494 g/mol. The number of nitrogens with one attached hydrogen (secondary N) is 1. The number of aromatic nitrogens is 3. The topological polar surface area (TPSA) is 78.2 Å². The van der Waals surface area contributed by atoms with Crippen LogP contribution < -0.4 is 15.7 Å². The fourth-order valence-electron chi connectivity index (χ4n) is 3.55. The molecule has 1 heterocycles. The van der Waals surface area contributed by atoms with E-state index in [2.05, 4.69) is 10.4 Å². The number of nitrogens with zero attached hydrogens (tertiary/aromatic N) is 3. The Hall–Kier alpha value is -3.63. The van der Waals surface area contributed by atoms with Crippen LogP contribution in [0.5, 0.6) is 5.75 Å². The number of halogens is 4. The van der Waals surface area contributed by atoms with Gasteiger partial charge >= 0.3 is 11.9 Å². The molecule has 2 aromatic carbocycles. The van der Waals surface area contributed by atoms with Crippen molar-refractivity contribution in [2.75, 3.05) is 5.32 Å². The summed E-state index contributed by atoms with van der Waals surface area (Å²) in [6.07, 6.45) is -2.95. The number of carbonyl (C=O) groups excluding carboxylic acids is 1. The molecule has 0 aliphatic carbocycles. The molecule has 0 saturated carbocycles. The minimum atomic E-state index is -4.51. The van der Waals surface area contributed by atoms with Crippen LogP contribution >= 0.6 is 0 Å². The Morgan fingerprint density at radius 3 is 2.37 bits per heavy atom. The lowest BCUT2D eigenvalue weighted by Crippen LogP contribution is -2.24. The van der Waals surface area contributed by atoms with Crippen LogP contribution in [0.1, 0.15) is 55.4 Å². The summed E-state index contributed by atoms with van der Waals surface area (Å²) in [6.45, 7) is 5.54. The highest BCUT2D eigenvalue weighted by molar-refractivity contribution is 6.06. The molecule has 11 heteroatoms. The van der Waals surface area contributed by atoms with Crippen molar-refractivity contribution >= 4 is 11.6 Å². The highest BCUT2D eigenvalue weighted by Crippen LogP contribution is 2.31. The molecule has 1 amide bonds. The number of aryl methyl sites for hydroxylation is 1. The molecule has 1 N–H and O–H groups in total. The lowest BCUT2D eigenvalue weighted by atomic mass is 10.1. The minimum absolute atomic E-state index is 0.0161. The van der Waals surface area contributed by atoms with Gasteiger partial charge in [-0.25, -0.2) is 9.18 Å². The maximum atomic E-state index is 15.1. The zero-order chi connectivity index (χ0) is 25.9. The second-order valence-corrected chi connectivity index (χ2v) is 8.07. The van der Waals surface area contributed by atoms with Crippen molar-refractivity contribution in [3.63, 3.8) is 0 Å². The number of alkyl halides is 3. The molecule has 0 fully saturated rings. The lowest BCUT2D eigenvalue weighted by Gasteiger charge is -2.18. The Labute approximate surface area is 199 Å². The standard InChI is InChI=1S/C24H26F4N4O3/c1-5-7-14(3)35-20-13-19(32-23(34)31(4)21(6-2)30-32)18(25)12-17(20)22(33)29-16-10-8-15(9-11-16)24(26,27)28/h8-14H,5-7H2,1-4H3,(H,29,33)/t14-/m0/s1. The second-order valence-electron chi connectivity index (χ2n) is 8.07. The highest BCUT2D eigenvalue weighted by Gasteiger charge is 2.30. The van der Waals surface area contributed by atoms with Gasteiger partial charge in [-0.1, -0.05) is 20.3 Å². The molecule has 7 nitrogen and oxygen atoms in total. The first-order valence-electron chi connectivity index (χ1n) is 11.1. The first-order valence-corrected chi connectivity index (χ1v) is 11.1. The van der Waals surface area contributed by atoms with Crippen molar-refractivity contribution in [1.29, 1.82) is 0 Å². The van der Waals surface area contributed by atoms with Gasteiger partial charge in [0, 0.05) is 25.2 Å². The molecule has 0 aliphatic heterocycles. The molecule has 0 bridgehead atoms. The molecule has 0 unspecified atom stereocenters. The fourth-order valence-corrected chi connectivity index (χ4v) is 3.55. The van der Waals surface area contributed by atoms with E-state index in [-0.39, 0.29) is 28.8 Å². The molecule has 0 radical (unpaired) electrons. The first kappa shape index (κ1) is 26.0. The third-order valence-electron chi connectivity index (χ3n) is 5.40. The summed E-state index contributed by atoms with van der Waals surface area (Å²) >= 11 is 0. The Morgan fingerprint density at radius 1 is 1.17 bits per heavy atom. The SMILES string of the molecule is CCC[C@H](C)Oc1cc(-n2nc(CC)n(C)c2=O)c(F)cc1C(=O)Nc1ccc(C(F)(F)F)cc1. The Kier molecular flexibility index (Phi) is 7.67. The van der Waals surface area contributed by atoms with E-state index >= 15 is 4.39 Å². The van der Waals surface area contributed by atoms with E-state index in [9.17, 15) is 22.8 Å². The predicted octanol–water partition coefficient (Wildman–Crippen LogP) is 5.11. The maximum absolute atomic E-state index is 15.1. The number of hydrogen-bond donors (Lipinski definition) is 1. The number of carbonyl (C=O) groups is 1. The Bertz CT molecular complexity index is 1260. The lowest BCUT2D eigenvalue weighted by molar-refractivity contribution is -0.137. The summed E-state index contributed by atoms with van der Waals surface area (Å²) in [6, 6.07) is 6.03. The van der Waals surface area contributed by atoms with Crippen LogP contribution in [0.15, 0.2) is 41.2 Å². The number of ether oxygens (including phenoxy) is 1. The molecular weight excluding hydrogens is 468 g/mol. The largest absolute Gasteiger partial charge is 0.490 e. The van der Waals surface area contributed by atoms with Crippen molar-refractivity contribution in [3.8, 4) is 11.4 Å². The number of amides is 1. The zero-order valence-electron chi connectivity index (χ0n) is 19.7. The van der Waals surface area contributed by atoms with Gasteiger partial charge < -0.3 is 10.1 Å². The van der Waals surface area contributed by atoms with E-state index in [1.165, 1.54) is 17.7 Å². The van der Waals surface area contributed by atoms with Gasteiger partial charge in [-0.15, -0.1) is 5.10 Å². The smallest absolute Gasteiger partial charge is 0.416 e. The molecule has 3 aromatic rings. The van der Waals surface area contributed by atoms with Crippen LogP contribution in [-0.2, 0) is 19.6 Å². The Morgan fingerprint density at radius 2 is 1.83 bits per heavy atom. The molecule has 3 rings (SSSR count). The fraction of sp³-hybridized carbons (Fsp3) is 0.375. The van der Waals surface area contributed by atoms with Crippen molar-refractivity contribution in [2.45, 2.75) is 52.3 Å². The van der Waals surface area contributed by atoms with E-state index < -0.39 is 29.2 Å². The maximum Gasteiger partial charge on any atom is 0.416 e. The third-order valence-corrected chi connectivity index (χ3v) is 5.40. The van der Waals surface area contributed by atoms with E-state index in [1.807, 2.05) is 6.92 Å². The number of anilines is 1. The average Bonchev–Trinajstić information content (AvgIpc) is 3.08. The molecule has 0 saturated heterocycles. The van der Waals surface area contributed by atoms with E-state index in [4.69, 9.17) is 4.74 Å². The van der Waals surface area contributed by atoms with Crippen LogP contribution in [-0.4, -0.2) is 26.4 Å². The van der Waals surface area contributed by atoms with Crippen molar-refractivity contribution < 1.29 is 27.1 Å². The van der Waals surface area contributed by atoms with Gasteiger partial charge in [0.1, 0.15) is 23.1 Å². The van der Waals surface area contributed by atoms with Gasteiger partial charge in [0.15, 0.2) is 0 Å². The first-order chi connectivity index (χ1) is 16.5. The van der Waals surface area contributed by atoms with Crippen LogP contribution in [0.2, 0.25) is 0 Å². The quantitative estimate of drug-likeness (QED) is 0.442. The van der Waals surface area contributed by atoms with Gasteiger partial charge in [-0.2, -0.15) is 17.9 Å². The zero-order valence-corrected chi connectivity index (χ0v) is 19.7. The van der Waals surface area contributed by atoms with Crippen LogP contribution in [0.3, 0.4) is 0 Å². The third kappa shape index (κ3) is 5.72. The van der Waals surface area contributed by atoms with Crippen molar-refractivity contribution in [3.05, 3.63) is 69.7 Å². The minimum Gasteiger partial charge on any atom is -0.490 e. The highest BCUT2D eigenvalue weighted by atomic mass is 19.4. The van der Waals surface area contributed by atoms with Crippen LogP contribution in [0.25, 0.3) is 5.69 Å². The normalized spacial score (nSPS) is 12.5. The van der Waals surface area contributed by atoms with Gasteiger partial charge in [0.25, 0.3) is 5.91 Å². The van der Waals surface area contributed by atoms with Crippen molar-refractivity contribution in [1.82, 2.24) is 14.3 Å². The summed E-state index contributed by atoms with van der Waals surface area (Å²) in [5.41, 5.74) is -1.69. The molecular formula is C24H26F4N4O3. The summed E-state index contributed by atoms with van der Waals surface area (Å²) in [7, 11) is 1.52. The summed E-state index contributed by atoms with van der Waals surface area (Å²) in [5, 5.41) is 6.63. The second kappa shape index (κ2) is 10.3. The summed E-state index contributed by atoms with van der Waals surface area (Å²) in [4.78, 5) is 25.6. The monoisotopic (exact) mass is 494 g/mol. The van der Waals surface area contributed by atoms with E-state index in [1.54, 1.807) is 13.8 Å². The molecule has 1 aromatic heterocycles. The molecule has 0 aliphatic rings. The molecule has 188 valence electrons. The summed E-state index contributed by atoms with van der Waals surface area (Å²) < 4.78 is 61.7. The van der Waals surface area contributed by atoms with E-state index in [0.717, 1.165) is 41.4 Å². The Balaban J connectivity index is 2.02.